The highest BCUT2D eigenvalue weighted by molar-refractivity contribution is 7.16. The van der Waals surface area contributed by atoms with Gasteiger partial charge in [0.15, 0.2) is 0 Å². The Morgan fingerprint density at radius 2 is 2.23 bits per heavy atom. The van der Waals surface area contributed by atoms with Gasteiger partial charge in [-0.05, 0) is 24.5 Å². The molecule has 1 aromatic rings. The van der Waals surface area contributed by atoms with Gasteiger partial charge in [-0.3, -0.25) is 0 Å². The highest BCUT2D eigenvalue weighted by atomic mass is 35.5. The molecular formula is C10H16ClNS. The third kappa shape index (κ3) is 3.29. The summed E-state index contributed by atoms with van der Waals surface area (Å²) in [6, 6.07) is 4.26. The van der Waals surface area contributed by atoms with Crippen molar-refractivity contribution >= 4 is 22.9 Å². The highest BCUT2D eigenvalue weighted by Gasteiger charge is 2.12. The zero-order valence-electron chi connectivity index (χ0n) is 8.09. The van der Waals surface area contributed by atoms with Gasteiger partial charge in [0, 0.05) is 10.9 Å². The van der Waals surface area contributed by atoms with Gasteiger partial charge in [0.1, 0.15) is 0 Å². The zero-order valence-corrected chi connectivity index (χ0v) is 9.66. The Labute approximate surface area is 88.9 Å². The molecule has 0 spiro atoms. The average molecular weight is 218 g/mol. The van der Waals surface area contributed by atoms with Crippen LogP contribution in [0.25, 0.3) is 0 Å². The number of nitrogens with two attached hydrogens (primary N) is 1. The molecule has 0 saturated carbocycles. The Hall–Kier alpha value is -0.0500. The number of thiophene rings is 1. The number of halogens is 1. The topological polar surface area (TPSA) is 26.0 Å². The second kappa shape index (κ2) is 4.99. The third-order valence-electron chi connectivity index (χ3n) is 2.44. The van der Waals surface area contributed by atoms with Gasteiger partial charge >= 0.3 is 0 Å². The minimum Gasteiger partial charge on any atom is -0.327 e. The summed E-state index contributed by atoms with van der Waals surface area (Å²) in [5, 5.41) is 0. The van der Waals surface area contributed by atoms with E-state index in [2.05, 4.69) is 19.9 Å². The van der Waals surface area contributed by atoms with Gasteiger partial charge in [0.25, 0.3) is 0 Å². The maximum absolute atomic E-state index is 6.03. The van der Waals surface area contributed by atoms with E-state index >= 15 is 0 Å². The van der Waals surface area contributed by atoms with Gasteiger partial charge in [0.05, 0.1) is 4.34 Å². The lowest BCUT2D eigenvalue weighted by molar-refractivity contribution is 0.442. The fourth-order valence-electron chi connectivity index (χ4n) is 1.20. The average Bonchev–Trinajstić information content (AvgIpc) is 2.49. The second-order valence-corrected chi connectivity index (χ2v) is 5.26. The molecule has 74 valence electrons. The van der Waals surface area contributed by atoms with E-state index in [0.717, 1.165) is 17.2 Å². The zero-order chi connectivity index (χ0) is 9.84. The standard InChI is InChI=1S/C10H16ClNS/c1-3-7(2)9(12)6-8-4-5-10(11)13-8/h4-5,7,9H,3,6,12H2,1-2H3. The molecule has 1 aromatic heterocycles. The lowest BCUT2D eigenvalue weighted by Crippen LogP contribution is -2.29. The minimum atomic E-state index is 0.264. The molecule has 0 fully saturated rings. The number of rotatable bonds is 4. The maximum atomic E-state index is 6.03. The molecule has 1 rings (SSSR count). The van der Waals surface area contributed by atoms with E-state index in [9.17, 15) is 0 Å². The summed E-state index contributed by atoms with van der Waals surface area (Å²) in [6.07, 6.45) is 2.09. The van der Waals surface area contributed by atoms with Crippen LogP contribution in [0, 0.1) is 5.92 Å². The van der Waals surface area contributed by atoms with E-state index in [1.807, 2.05) is 6.07 Å². The van der Waals surface area contributed by atoms with Gasteiger partial charge < -0.3 is 5.73 Å². The van der Waals surface area contributed by atoms with E-state index in [1.165, 1.54) is 4.88 Å². The SMILES string of the molecule is CCC(C)C(N)Cc1ccc(Cl)s1. The first kappa shape index (κ1) is 11.0. The van der Waals surface area contributed by atoms with Gasteiger partial charge in [0.2, 0.25) is 0 Å². The van der Waals surface area contributed by atoms with Crippen molar-refractivity contribution in [2.75, 3.05) is 0 Å². The molecule has 3 heteroatoms. The molecule has 0 aliphatic heterocycles. The fourth-order valence-corrected chi connectivity index (χ4v) is 2.36. The lowest BCUT2D eigenvalue weighted by Gasteiger charge is -2.16. The Bertz CT molecular complexity index is 259. The van der Waals surface area contributed by atoms with Crippen LogP contribution in [0.4, 0.5) is 0 Å². The van der Waals surface area contributed by atoms with Crippen molar-refractivity contribution in [3.8, 4) is 0 Å². The number of hydrogen-bond donors (Lipinski definition) is 1. The molecule has 0 radical (unpaired) electrons. The summed E-state index contributed by atoms with van der Waals surface area (Å²) >= 11 is 7.46. The predicted molar refractivity (Wildman–Crippen MR) is 60.5 cm³/mol. The molecule has 0 saturated heterocycles. The van der Waals surface area contributed by atoms with Crippen molar-refractivity contribution in [3.63, 3.8) is 0 Å². The molecule has 0 aliphatic rings. The van der Waals surface area contributed by atoms with Gasteiger partial charge in [-0.15, -0.1) is 11.3 Å². The first-order valence-electron chi connectivity index (χ1n) is 4.63. The lowest BCUT2D eigenvalue weighted by atomic mass is 9.97. The van der Waals surface area contributed by atoms with Gasteiger partial charge in [-0.2, -0.15) is 0 Å². The molecule has 2 N–H and O–H groups in total. The first-order valence-corrected chi connectivity index (χ1v) is 5.82. The largest absolute Gasteiger partial charge is 0.327 e. The van der Waals surface area contributed by atoms with E-state index in [0.29, 0.717) is 5.92 Å². The summed E-state index contributed by atoms with van der Waals surface area (Å²) < 4.78 is 0.853. The van der Waals surface area contributed by atoms with Crippen LogP contribution in [0.3, 0.4) is 0 Å². The third-order valence-corrected chi connectivity index (χ3v) is 3.69. The van der Waals surface area contributed by atoms with Crippen LogP contribution < -0.4 is 5.73 Å². The molecule has 1 nitrogen and oxygen atoms in total. The second-order valence-electron chi connectivity index (χ2n) is 3.46. The smallest absolute Gasteiger partial charge is 0.0931 e. The summed E-state index contributed by atoms with van der Waals surface area (Å²) in [5.41, 5.74) is 6.03. The van der Waals surface area contributed by atoms with Crippen LogP contribution in [-0.4, -0.2) is 6.04 Å². The Morgan fingerprint density at radius 3 is 2.69 bits per heavy atom. The quantitative estimate of drug-likeness (QED) is 0.823. The molecule has 0 aliphatic carbocycles. The highest BCUT2D eigenvalue weighted by Crippen LogP contribution is 2.23. The summed E-state index contributed by atoms with van der Waals surface area (Å²) in [5.74, 6) is 0.584. The van der Waals surface area contributed by atoms with Crippen molar-refractivity contribution in [2.24, 2.45) is 11.7 Å². The molecule has 13 heavy (non-hydrogen) atoms. The fraction of sp³-hybridized carbons (Fsp3) is 0.600. The number of hydrogen-bond acceptors (Lipinski definition) is 2. The van der Waals surface area contributed by atoms with Crippen molar-refractivity contribution < 1.29 is 0 Å². The Morgan fingerprint density at radius 1 is 1.54 bits per heavy atom. The molecular weight excluding hydrogens is 202 g/mol. The maximum Gasteiger partial charge on any atom is 0.0931 e. The van der Waals surface area contributed by atoms with Crippen molar-refractivity contribution in [1.82, 2.24) is 0 Å². The van der Waals surface area contributed by atoms with Crippen molar-refractivity contribution in [3.05, 3.63) is 21.3 Å². The van der Waals surface area contributed by atoms with Crippen molar-refractivity contribution in [2.45, 2.75) is 32.7 Å². The van der Waals surface area contributed by atoms with Crippen LogP contribution in [0.5, 0.6) is 0 Å². The van der Waals surface area contributed by atoms with Crippen LogP contribution in [-0.2, 0) is 6.42 Å². The molecule has 1 heterocycles. The van der Waals surface area contributed by atoms with Crippen LogP contribution in [0.1, 0.15) is 25.1 Å². The van der Waals surface area contributed by atoms with Crippen LogP contribution in [0.15, 0.2) is 12.1 Å². The Balaban J connectivity index is 2.49. The van der Waals surface area contributed by atoms with E-state index in [4.69, 9.17) is 17.3 Å². The first-order chi connectivity index (χ1) is 6.13. The Kier molecular flexibility index (Phi) is 4.23. The minimum absolute atomic E-state index is 0.264. The molecule has 0 bridgehead atoms. The van der Waals surface area contributed by atoms with Gasteiger partial charge in [-0.25, -0.2) is 0 Å². The van der Waals surface area contributed by atoms with E-state index < -0.39 is 0 Å². The van der Waals surface area contributed by atoms with E-state index in [-0.39, 0.29) is 6.04 Å². The normalized spacial score (nSPS) is 15.7. The monoisotopic (exact) mass is 217 g/mol. The molecule has 0 aromatic carbocycles. The molecule has 0 amide bonds. The summed E-state index contributed by atoms with van der Waals surface area (Å²) in [4.78, 5) is 1.29. The summed E-state index contributed by atoms with van der Waals surface area (Å²) in [7, 11) is 0. The summed E-state index contributed by atoms with van der Waals surface area (Å²) in [6.45, 7) is 4.37. The van der Waals surface area contributed by atoms with E-state index in [1.54, 1.807) is 11.3 Å². The van der Waals surface area contributed by atoms with Crippen LogP contribution in [0.2, 0.25) is 4.34 Å². The molecule has 2 atom stereocenters. The van der Waals surface area contributed by atoms with Gasteiger partial charge in [-0.1, -0.05) is 31.9 Å². The van der Waals surface area contributed by atoms with Crippen LogP contribution >= 0.6 is 22.9 Å². The predicted octanol–water partition coefficient (Wildman–Crippen LogP) is 3.32. The molecule has 2 unspecified atom stereocenters. The van der Waals surface area contributed by atoms with Crippen molar-refractivity contribution in [1.29, 1.82) is 0 Å².